The Morgan fingerprint density at radius 1 is 1.29 bits per heavy atom. The number of fused-ring (bicyclic) bond motifs is 1. The maximum Gasteiger partial charge on any atom is 0.269 e. The normalized spacial score (nSPS) is 10.8. The number of rotatable bonds is 6. The number of hydrogen-bond donors (Lipinski definition) is 1. The zero-order chi connectivity index (χ0) is 20.3. The molecule has 0 amide bonds. The molecular weight excluding hydrogens is 394 g/mol. The molecule has 0 bridgehead atoms. The van der Waals surface area contributed by atoms with Crippen LogP contribution < -0.4 is 10.9 Å². The van der Waals surface area contributed by atoms with Gasteiger partial charge in [0.2, 0.25) is 5.95 Å². The van der Waals surface area contributed by atoms with Crippen molar-refractivity contribution in [3.05, 3.63) is 50.9 Å². The van der Waals surface area contributed by atoms with Crippen LogP contribution in [0.2, 0.25) is 5.02 Å². The monoisotopic (exact) mass is 413 g/mol. The Bertz CT molecular complexity index is 1120. The van der Waals surface area contributed by atoms with Crippen LogP contribution in [0.3, 0.4) is 0 Å². The standard InChI is InChI=1S/C20H20ClN5OS/c1-4-5-10-23-20-25-17-15(11-22)18(28-3)24-12(2)16(17)19(27)26(20)14-8-6-13(21)7-9-14/h6-9H,4-5,10H2,1-3H3,(H,23,25). The lowest BCUT2D eigenvalue weighted by Crippen LogP contribution is -2.25. The molecule has 0 aliphatic heterocycles. The maximum absolute atomic E-state index is 13.4. The maximum atomic E-state index is 13.4. The number of aromatic nitrogens is 3. The Labute approximate surface area is 172 Å². The van der Waals surface area contributed by atoms with Gasteiger partial charge in [-0.15, -0.1) is 11.8 Å². The summed E-state index contributed by atoms with van der Waals surface area (Å²) in [6.07, 6.45) is 3.80. The molecule has 2 aromatic heterocycles. The molecule has 3 aromatic rings. The van der Waals surface area contributed by atoms with Crippen molar-refractivity contribution >= 4 is 40.2 Å². The summed E-state index contributed by atoms with van der Waals surface area (Å²) in [5, 5.41) is 14.4. The van der Waals surface area contributed by atoms with E-state index in [0.29, 0.717) is 50.4 Å². The summed E-state index contributed by atoms with van der Waals surface area (Å²) < 4.78 is 1.52. The second-order valence-electron chi connectivity index (χ2n) is 6.25. The van der Waals surface area contributed by atoms with Gasteiger partial charge in [-0.05, 0) is 43.9 Å². The molecular formula is C20H20ClN5OS. The van der Waals surface area contributed by atoms with Crippen molar-refractivity contribution in [3.8, 4) is 11.8 Å². The molecule has 6 nitrogen and oxygen atoms in total. The highest BCUT2D eigenvalue weighted by atomic mass is 35.5. The summed E-state index contributed by atoms with van der Waals surface area (Å²) in [5.74, 6) is 0.405. The third kappa shape index (κ3) is 3.71. The largest absolute Gasteiger partial charge is 0.355 e. The second-order valence-corrected chi connectivity index (χ2v) is 7.48. The number of unbranched alkanes of at least 4 members (excludes halogenated alkanes) is 1. The Balaban J connectivity index is 2.37. The number of nitrogens with zero attached hydrogens (tertiary/aromatic N) is 4. The van der Waals surface area contributed by atoms with Gasteiger partial charge in [-0.1, -0.05) is 24.9 Å². The minimum absolute atomic E-state index is 0.263. The highest BCUT2D eigenvalue weighted by molar-refractivity contribution is 7.98. The molecule has 0 aliphatic rings. The van der Waals surface area contributed by atoms with Crippen LogP contribution in [0.25, 0.3) is 16.6 Å². The molecule has 1 aromatic carbocycles. The molecule has 144 valence electrons. The molecule has 0 spiro atoms. The van der Waals surface area contributed by atoms with Crippen molar-refractivity contribution in [3.63, 3.8) is 0 Å². The molecule has 2 heterocycles. The van der Waals surface area contributed by atoms with E-state index in [4.69, 9.17) is 11.6 Å². The number of thioether (sulfide) groups is 1. The van der Waals surface area contributed by atoms with E-state index in [-0.39, 0.29) is 5.56 Å². The fraction of sp³-hybridized carbons (Fsp3) is 0.300. The number of hydrogen-bond acceptors (Lipinski definition) is 6. The number of pyridine rings is 1. The summed E-state index contributed by atoms with van der Waals surface area (Å²) in [5.41, 5.74) is 1.65. The van der Waals surface area contributed by atoms with Crippen LogP contribution in [-0.4, -0.2) is 27.3 Å². The van der Waals surface area contributed by atoms with Gasteiger partial charge in [0.15, 0.2) is 0 Å². The first kappa shape index (κ1) is 20.2. The predicted octanol–water partition coefficient (Wildman–Crippen LogP) is 4.55. The van der Waals surface area contributed by atoms with E-state index in [2.05, 4.69) is 28.3 Å². The van der Waals surface area contributed by atoms with E-state index < -0.39 is 0 Å². The SMILES string of the molecule is CCCCNc1nc2c(C#N)c(SC)nc(C)c2c(=O)n1-c1ccc(Cl)cc1. The summed E-state index contributed by atoms with van der Waals surface area (Å²) >= 11 is 7.37. The average Bonchev–Trinajstić information content (AvgIpc) is 2.68. The van der Waals surface area contributed by atoms with Gasteiger partial charge in [-0.2, -0.15) is 5.26 Å². The molecule has 0 radical (unpaired) electrons. The van der Waals surface area contributed by atoms with Gasteiger partial charge in [0.1, 0.15) is 22.2 Å². The molecule has 28 heavy (non-hydrogen) atoms. The fourth-order valence-electron chi connectivity index (χ4n) is 2.97. The van der Waals surface area contributed by atoms with Gasteiger partial charge >= 0.3 is 0 Å². The topological polar surface area (TPSA) is 83.6 Å². The zero-order valence-corrected chi connectivity index (χ0v) is 17.5. The lowest BCUT2D eigenvalue weighted by atomic mass is 10.1. The van der Waals surface area contributed by atoms with Crippen LogP contribution in [0.5, 0.6) is 0 Å². The number of anilines is 1. The third-order valence-electron chi connectivity index (χ3n) is 4.37. The van der Waals surface area contributed by atoms with Crippen molar-refractivity contribution in [2.24, 2.45) is 0 Å². The van der Waals surface area contributed by atoms with Crippen molar-refractivity contribution in [1.29, 1.82) is 5.26 Å². The second kappa shape index (κ2) is 8.63. The molecule has 0 atom stereocenters. The molecule has 0 unspecified atom stereocenters. The van der Waals surface area contributed by atoms with Crippen molar-refractivity contribution in [1.82, 2.24) is 14.5 Å². The fourth-order valence-corrected chi connectivity index (χ4v) is 3.67. The molecule has 0 saturated heterocycles. The van der Waals surface area contributed by atoms with Gasteiger partial charge in [0.05, 0.1) is 16.8 Å². The van der Waals surface area contributed by atoms with Crippen LogP contribution in [0, 0.1) is 18.3 Å². The quantitative estimate of drug-likeness (QED) is 0.471. The summed E-state index contributed by atoms with van der Waals surface area (Å²) in [4.78, 5) is 22.6. The van der Waals surface area contributed by atoms with Crippen molar-refractivity contribution in [2.75, 3.05) is 18.1 Å². The lowest BCUT2D eigenvalue weighted by Gasteiger charge is -2.16. The minimum atomic E-state index is -0.263. The van der Waals surface area contributed by atoms with Crippen LogP contribution in [0.1, 0.15) is 31.0 Å². The van der Waals surface area contributed by atoms with Crippen LogP contribution in [0.15, 0.2) is 34.1 Å². The van der Waals surface area contributed by atoms with E-state index >= 15 is 0 Å². The highest BCUT2D eigenvalue weighted by Crippen LogP contribution is 2.27. The molecule has 0 aliphatic carbocycles. The number of nitrogens with one attached hydrogen (secondary N) is 1. The first-order valence-corrected chi connectivity index (χ1v) is 10.5. The lowest BCUT2D eigenvalue weighted by molar-refractivity contribution is 0.816. The van der Waals surface area contributed by atoms with Gasteiger partial charge in [0.25, 0.3) is 5.56 Å². The Morgan fingerprint density at radius 3 is 2.61 bits per heavy atom. The highest BCUT2D eigenvalue weighted by Gasteiger charge is 2.20. The molecule has 8 heteroatoms. The van der Waals surface area contributed by atoms with E-state index in [0.717, 1.165) is 12.8 Å². The summed E-state index contributed by atoms with van der Waals surface area (Å²) in [6.45, 7) is 4.53. The Morgan fingerprint density at radius 2 is 2.00 bits per heavy atom. The molecule has 1 N–H and O–H groups in total. The van der Waals surface area contributed by atoms with Crippen LogP contribution >= 0.6 is 23.4 Å². The third-order valence-corrected chi connectivity index (χ3v) is 5.30. The Kier molecular flexibility index (Phi) is 6.22. The van der Waals surface area contributed by atoms with E-state index in [1.54, 1.807) is 31.2 Å². The van der Waals surface area contributed by atoms with Crippen LogP contribution in [-0.2, 0) is 0 Å². The summed E-state index contributed by atoms with van der Waals surface area (Å²) in [6, 6.07) is 9.16. The molecule has 0 fully saturated rings. The van der Waals surface area contributed by atoms with Gasteiger partial charge in [-0.3, -0.25) is 4.79 Å². The average molecular weight is 414 g/mol. The molecule has 0 saturated carbocycles. The minimum Gasteiger partial charge on any atom is -0.355 e. The van der Waals surface area contributed by atoms with Gasteiger partial charge in [0, 0.05) is 11.6 Å². The van der Waals surface area contributed by atoms with E-state index in [1.165, 1.54) is 16.3 Å². The Hall–Kier alpha value is -2.56. The summed E-state index contributed by atoms with van der Waals surface area (Å²) in [7, 11) is 0. The van der Waals surface area contributed by atoms with Gasteiger partial charge < -0.3 is 5.32 Å². The number of nitriles is 1. The smallest absolute Gasteiger partial charge is 0.269 e. The first-order valence-electron chi connectivity index (χ1n) is 8.93. The van der Waals surface area contributed by atoms with Crippen molar-refractivity contribution < 1.29 is 0 Å². The van der Waals surface area contributed by atoms with Gasteiger partial charge in [-0.25, -0.2) is 14.5 Å². The number of aryl methyl sites for hydroxylation is 1. The molecule has 3 rings (SSSR count). The first-order chi connectivity index (χ1) is 13.5. The number of benzene rings is 1. The van der Waals surface area contributed by atoms with Crippen LogP contribution in [0.4, 0.5) is 5.95 Å². The zero-order valence-electron chi connectivity index (χ0n) is 15.9. The number of halogens is 1. The predicted molar refractivity (Wildman–Crippen MR) is 115 cm³/mol. The van der Waals surface area contributed by atoms with E-state index in [1.807, 2.05) is 6.26 Å². The van der Waals surface area contributed by atoms with E-state index in [9.17, 15) is 10.1 Å². The van der Waals surface area contributed by atoms with Crippen molar-refractivity contribution in [2.45, 2.75) is 31.7 Å².